The van der Waals surface area contributed by atoms with E-state index in [0.717, 1.165) is 18.3 Å². The summed E-state index contributed by atoms with van der Waals surface area (Å²) in [5.74, 6) is 1.66. The van der Waals surface area contributed by atoms with E-state index in [1.165, 1.54) is 37.7 Å². The molecule has 0 unspecified atom stereocenters. The van der Waals surface area contributed by atoms with Gasteiger partial charge in [-0.2, -0.15) is 0 Å². The zero-order valence-electron chi connectivity index (χ0n) is 8.76. The number of allylic oxidation sites excluding steroid dienone is 1. The summed E-state index contributed by atoms with van der Waals surface area (Å²) >= 11 is 0. The van der Waals surface area contributed by atoms with Crippen LogP contribution in [0.5, 0.6) is 0 Å². The number of hydrogen-bond acceptors (Lipinski definition) is 1. The van der Waals surface area contributed by atoms with Gasteiger partial charge in [-0.1, -0.05) is 12.2 Å². The third-order valence-corrected chi connectivity index (χ3v) is 3.31. The SMILES string of the molecule is C=C(C)C1CCC(CCCO)CC1. The molecule has 1 fully saturated rings. The van der Waals surface area contributed by atoms with Gasteiger partial charge in [-0.15, -0.1) is 0 Å². The minimum atomic E-state index is 0.362. The number of rotatable bonds is 4. The summed E-state index contributed by atoms with van der Waals surface area (Å²) in [6.07, 6.45) is 7.55. The van der Waals surface area contributed by atoms with E-state index in [4.69, 9.17) is 5.11 Å². The molecule has 0 saturated heterocycles. The van der Waals surface area contributed by atoms with Crippen LogP contribution in [-0.4, -0.2) is 11.7 Å². The summed E-state index contributed by atoms with van der Waals surface area (Å²) in [7, 11) is 0. The van der Waals surface area contributed by atoms with Crippen molar-refractivity contribution in [2.75, 3.05) is 6.61 Å². The van der Waals surface area contributed by atoms with E-state index in [2.05, 4.69) is 13.5 Å². The molecule has 13 heavy (non-hydrogen) atoms. The van der Waals surface area contributed by atoms with Crippen LogP contribution in [0.4, 0.5) is 0 Å². The van der Waals surface area contributed by atoms with Crippen molar-refractivity contribution in [3.05, 3.63) is 12.2 Å². The molecule has 76 valence electrons. The van der Waals surface area contributed by atoms with Crippen molar-refractivity contribution in [3.63, 3.8) is 0 Å². The van der Waals surface area contributed by atoms with Crippen LogP contribution in [-0.2, 0) is 0 Å². The van der Waals surface area contributed by atoms with E-state index in [-0.39, 0.29) is 0 Å². The highest BCUT2D eigenvalue weighted by Gasteiger charge is 2.20. The first-order valence-corrected chi connectivity index (χ1v) is 5.50. The number of hydrogen-bond donors (Lipinski definition) is 1. The number of aliphatic hydroxyl groups excluding tert-OH is 1. The Morgan fingerprint density at radius 2 is 1.92 bits per heavy atom. The van der Waals surface area contributed by atoms with E-state index in [9.17, 15) is 0 Å². The smallest absolute Gasteiger partial charge is 0.0431 e. The maximum Gasteiger partial charge on any atom is 0.0431 e. The standard InChI is InChI=1S/C12H22O/c1-10(2)12-7-5-11(6-8-12)4-3-9-13/h11-13H,1,3-9H2,2H3. The summed E-state index contributed by atoms with van der Waals surface area (Å²) in [5.41, 5.74) is 1.36. The minimum absolute atomic E-state index is 0.362. The first-order valence-electron chi connectivity index (χ1n) is 5.50. The third-order valence-electron chi connectivity index (χ3n) is 3.31. The molecule has 0 atom stereocenters. The second-order valence-electron chi connectivity index (χ2n) is 4.43. The van der Waals surface area contributed by atoms with Gasteiger partial charge in [-0.05, 0) is 57.3 Å². The largest absolute Gasteiger partial charge is 0.396 e. The lowest BCUT2D eigenvalue weighted by Gasteiger charge is -2.28. The quantitative estimate of drug-likeness (QED) is 0.662. The first kappa shape index (κ1) is 10.8. The van der Waals surface area contributed by atoms with Crippen LogP contribution in [0.2, 0.25) is 0 Å². The Morgan fingerprint density at radius 1 is 1.31 bits per heavy atom. The summed E-state index contributed by atoms with van der Waals surface area (Å²) in [6, 6.07) is 0. The molecule has 1 aliphatic rings. The normalized spacial score (nSPS) is 28.8. The van der Waals surface area contributed by atoms with E-state index in [1.54, 1.807) is 0 Å². The third kappa shape index (κ3) is 3.51. The van der Waals surface area contributed by atoms with Crippen molar-refractivity contribution >= 4 is 0 Å². The van der Waals surface area contributed by atoms with Crippen molar-refractivity contribution in [2.45, 2.75) is 45.4 Å². The Bertz CT molecular complexity index is 155. The van der Waals surface area contributed by atoms with Gasteiger partial charge in [0.15, 0.2) is 0 Å². The van der Waals surface area contributed by atoms with E-state index < -0.39 is 0 Å². The average molecular weight is 182 g/mol. The molecule has 0 aromatic heterocycles. The Kier molecular flexibility index (Phi) is 4.51. The van der Waals surface area contributed by atoms with Crippen LogP contribution in [0, 0.1) is 11.8 Å². The predicted octanol–water partition coefficient (Wildman–Crippen LogP) is 3.14. The molecule has 1 N–H and O–H groups in total. The molecule has 0 spiro atoms. The topological polar surface area (TPSA) is 20.2 Å². The molecule has 0 bridgehead atoms. The molecule has 0 amide bonds. The van der Waals surface area contributed by atoms with Gasteiger partial charge in [0.25, 0.3) is 0 Å². The fourth-order valence-corrected chi connectivity index (χ4v) is 2.32. The second kappa shape index (κ2) is 5.43. The summed E-state index contributed by atoms with van der Waals surface area (Å²) in [6.45, 7) is 6.54. The van der Waals surface area contributed by atoms with Crippen LogP contribution in [0.25, 0.3) is 0 Å². The molecule has 0 heterocycles. The lowest BCUT2D eigenvalue weighted by molar-refractivity contribution is 0.239. The monoisotopic (exact) mass is 182 g/mol. The zero-order chi connectivity index (χ0) is 9.68. The molecule has 0 aromatic carbocycles. The average Bonchev–Trinajstić information content (AvgIpc) is 2.15. The zero-order valence-corrected chi connectivity index (χ0v) is 8.76. The molecule has 1 saturated carbocycles. The van der Waals surface area contributed by atoms with Gasteiger partial charge in [0.2, 0.25) is 0 Å². The second-order valence-corrected chi connectivity index (χ2v) is 4.43. The van der Waals surface area contributed by atoms with Crippen molar-refractivity contribution in [3.8, 4) is 0 Å². The molecular formula is C12H22O. The lowest BCUT2D eigenvalue weighted by atomic mass is 9.78. The Morgan fingerprint density at radius 3 is 2.38 bits per heavy atom. The molecular weight excluding hydrogens is 160 g/mol. The van der Waals surface area contributed by atoms with Gasteiger partial charge < -0.3 is 5.11 Å². The predicted molar refractivity (Wildman–Crippen MR) is 56.6 cm³/mol. The Hall–Kier alpha value is -0.300. The van der Waals surface area contributed by atoms with Crippen molar-refractivity contribution in [1.29, 1.82) is 0 Å². The Balaban J connectivity index is 2.18. The van der Waals surface area contributed by atoms with Crippen LogP contribution < -0.4 is 0 Å². The number of aliphatic hydroxyl groups is 1. The maximum atomic E-state index is 8.72. The van der Waals surface area contributed by atoms with E-state index in [1.807, 2.05) is 0 Å². The highest BCUT2D eigenvalue weighted by Crippen LogP contribution is 2.34. The fraction of sp³-hybridized carbons (Fsp3) is 0.833. The van der Waals surface area contributed by atoms with Crippen LogP contribution in [0.3, 0.4) is 0 Å². The lowest BCUT2D eigenvalue weighted by Crippen LogP contribution is -2.15. The molecule has 0 radical (unpaired) electrons. The fourth-order valence-electron chi connectivity index (χ4n) is 2.32. The minimum Gasteiger partial charge on any atom is -0.396 e. The molecule has 1 aliphatic carbocycles. The summed E-state index contributed by atoms with van der Waals surface area (Å²) < 4.78 is 0. The van der Waals surface area contributed by atoms with Gasteiger partial charge in [0.1, 0.15) is 0 Å². The van der Waals surface area contributed by atoms with Crippen molar-refractivity contribution in [2.24, 2.45) is 11.8 Å². The highest BCUT2D eigenvalue weighted by molar-refractivity contribution is 4.97. The van der Waals surface area contributed by atoms with Crippen LogP contribution in [0.1, 0.15) is 45.4 Å². The van der Waals surface area contributed by atoms with Gasteiger partial charge >= 0.3 is 0 Å². The summed E-state index contributed by atoms with van der Waals surface area (Å²) in [5, 5.41) is 8.72. The molecule has 0 aromatic rings. The molecule has 0 aliphatic heterocycles. The van der Waals surface area contributed by atoms with Gasteiger partial charge in [-0.3, -0.25) is 0 Å². The summed E-state index contributed by atoms with van der Waals surface area (Å²) in [4.78, 5) is 0. The molecule has 1 nitrogen and oxygen atoms in total. The van der Waals surface area contributed by atoms with E-state index >= 15 is 0 Å². The van der Waals surface area contributed by atoms with Crippen LogP contribution in [0.15, 0.2) is 12.2 Å². The molecule has 1 rings (SSSR count). The van der Waals surface area contributed by atoms with Crippen LogP contribution >= 0.6 is 0 Å². The van der Waals surface area contributed by atoms with Gasteiger partial charge in [0.05, 0.1) is 0 Å². The highest BCUT2D eigenvalue weighted by atomic mass is 16.2. The first-order chi connectivity index (χ1) is 6.24. The van der Waals surface area contributed by atoms with E-state index in [0.29, 0.717) is 6.61 Å². The van der Waals surface area contributed by atoms with Gasteiger partial charge in [-0.25, -0.2) is 0 Å². The van der Waals surface area contributed by atoms with Crippen molar-refractivity contribution < 1.29 is 5.11 Å². The van der Waals surface area contributed by atoms with Gasteiger partial charge in [0, 0.05) is 6.61 Å². The molecule has 1 heteroatoms. The Labute approximate surface area is 81.9 Å². The maximum absolute atomic E-state index is 8.72. The van der Waals surface area contributed by atoms with Crippen molar-refractivity contribution in [1.82, 2.24) is 0 Å².